The fourth-order valence-electron chi connectivity index (χ4n) is 11.1. The molecule has 0 saturated heterocycles. The van der Waals surface area contributed by atoms with E-state index in [4.69, 9.17) is 6.58 Å². The summed E-state index contributed by atoms with van der Waals surface area (Å²) in [6.07, 6.45) is 14.2. The van der Waals surface area contributed by atoms with E-state index in [1.165, 1.54) is 64.2 Å². The minimum atomic E-state index is 0.576. The molecule has 13 atom stereocenters. The second-order valence-corrected chi connectivity index (χ2v) is 16.3. The van der Waals surface area contributed by atoms with Gasteiger partial charge in [0, 0.05) is 0 Å². The molecule has 0 aromatic carbocycles. The van der Waals surface area contributed by atoms with Crippen LogP contribution in [0.3, 0.4) is 0 Å². The van der Waals surface area contributed by atoms with Crippen LogP contribution >= 0.6 is 0 Å². The van der Waals surface area contributed by atoms with Crippen molar-refractivity contribution in [2.75, 3.05) is 0 Å². The smallest absolute Gasteiger partial charge is 0.0200 e. The zero-order chi connectivity index (χ0) is 29.2. The molecule has 3 saturated carbocycles. The molecule has 0 nitrogen and oxygen atoms in total. The Labute approximate surface area is 247 Å². The standard InChI is InChI=1S/C39H72/c1-14-18-31(15-2)37-26(8)23-35(37)33(17-4)38-25(7)19-20-34(38)36(24(5)6)32(16-3)29(11)27(9)28(10)30(12)39(13)21-22-39/h24-26,28-38H,9,14-23H2,1-8,10-13H3. The summed E-state index contributed by atoms with van der Waals surface area (Å²) in [6.45, 7) is 35.3. The topological polar surface area (TPSA) is 0 Å². The number of allylic oxidation sites excluding steroid dienone is 1. The molecule has 0 amide bonds. The van der Waals surface area contributed by atoms with Gasteiger partial charge in [-0.3, -0.25) is 0 Å². The fourth-order valence-corrected chi connectivity index (χ4v) is 11.1. The van der Waals surface area contributed by atoms with Crippen LogP contribution in [-0.4, -0.2) is 0 Å². The minimum absolute atomic E-state index is 0.576. The molecular weight excluding hydrogens is 468 g/mol. The van der Waals surface area contributed by atoms with E-state index in [-0.39, 0.29) is 0 Å². The van der Waals surface area contributed by atoms with Crippen LogP contribution in [0.15, 0.2) is 12.2 Å². The second-order valence-electron chi connectivity index (χ2n) is 16.3. The van der Waals surface area contributed by atoms with Gasteiger partial charge in [0.05, 0.1) is 0 Å². The zero-order valence-electron chi connectivity index (χ0n) is 28.9. The number of hydrogen-bond acceptors (Lipinski definition) is 0. The predicted octanol–water partition coefficient (Wildman–Crippen LogP) is 12.3. The lowest BCUT2D eigenvalue weighted by Gasteiger charge is -2.54. The van der Waals surface area contributed by atoms with Gasteiger partial charge in [-0.2, -0.15) is 0 Å². The minimum Gasteiger partial charge on any atom is -0.0993 e. The molecule has 0 aromatic heterocycles. The summed E-state index contributed by atoms with van der Waals surface area (Å²) in [7, 11) is 0. The van der Waals surface area contributed by atoms with Gasteiger partial charge in [-0.05, 0) is 114 Å². The van der Waals surface area contributed by atoms with Crippen molar-refractivity contribution in [2.45, 2.75) is 147 Å². The van der Waals surface area contributed by atoms with Crippen LogP contribution in [0.4, 0.5) is 0 Å². The lowest BCUT2D eigenvalue weighted by Crippen LogP contribution is -2.48. The first-order chi connectivity index (χ1) is 18.4. The van der Waals surface area contributed by atoms with Crippen LogP contribution in [0, 0.1) is 88.3 Å². The Kier molecular flexibility index (Phi) is 11.8. The summed E-state index contributed by atoms with van der Waals surface area (Å²) in [4.78, 5) is 0. The van der Waals surface area contributed by atoms with Crippen molar-refractivity contribution in [1.82, 2.24) is 0 Å². The quantitative estimate of drug-likeness (QED) is 0.171. The molecule has 0 bridgehead atoms. The normalized spacial score (nSPS) is 35.5. The van der Waals surface area contributed by atoms with Gasteiger partial charge in [-0.1, -0.05) is 134 Å². The molecule has 0 heterocycles. The summed E-state index contributed by atoms with van der Waals surface area (Å²) >= 11 is 0. The molecule has 0 N–H and O–H groups in total. The summed E-state index contributed by atoms with van der Waals surface area (Å²) < 4.78 is 0. The highest BCUT2D eigenvalue weighted by molar-refractivity contribution is 5.12. The average Bonchev–Trinajstić information content (AvgIpc) is 3.56. The van der Waals surface area contributed by atoms with Crippen LogP contribution in [-0.2, 0) is 0 Å². The molecule has 3 rings (SSSR count). The van der Waals surface area contributed by atoms with E-state index in [1.807, 2.05) is 0 Å². The Balaban J connectivity index is 1.86. The Bertz CT molecular complexity index is 756. The molecule has 228 valence electrons. The van der Waals surface area contributed by atoms with E-state index < -0.39 is 0 Å². The number of rotatable bonds is 16. The van der Waals surface area contributed by atoms with Crippen LogP contribution in [0.5, 0.6) is 0 Å². The molecule has 39 heavy (non-hydrogen) atoms. The van der Waals surface area contributed by atoms with Crippen molar-refractivity contribution in [2.24, 2.45) is 88.3 Å². The lowest BCUT2D eigenvalue weighted by molar-refractivity contribution is -0.0585. The molecule has 0 aliphatic heterocycles. The maximum Gasteiger partial charge on any atom is -0.0200 e. The molecule has 0 heteroatoms. The van der Waals surface area contributed by atoms with Crippen LogP contribution in [0.2, 0.25) is 0 Å². The third-order valence-electron chi connectivity index (χ3n) is 14.1. The van der Waals surface area contributed by atoms with Crippen molar-refractivity contribution >= 4 is 0 Å². The predicted molar refractivity (Wildman–Crippen MR) is 175 cm³/mol. The van der Waals surface area contributed by atoms with E-state index in [0.717, 1.165) is 71.0 Å². The monoisotopic (exact) mass is 541 g/mol. The molecule has 3 aliphatic carbocycles. The molecule has 0 radical (unpaired) electrons. The Hall–Kier alpha value is -0.260. The van der Waals surface area contributed by atoms with Crippen molar-refractivity contribution in [1.29, 1.82) is 0 Å². The summed E-state index contributed by atoms with van der Waals surface area (Å²) in [5.41, 5.74) is 2.15. The highest BCUT2D eigenvalue weighted by Crippen LogP contribution is 2.60. The van der Waals surface area contributed by atoms with Gasteiger partial charge in [0.15, 0.2) is 0 Å². The molecule has 3 aliphatic rings. The molecular formula is C39H72. The Morgan fingerprint density at radius 2 is 1.44 bits per heavy atom. The zero-order valence-corrected chi connectivity index (χ0v) is 28.9. The molecule has 0 aromatic rings. The van der Waals surface area contributed by atoms with Crippen molar-refractivity contribution in [3.8, 4) is 0 Å². The van der Waals surface area contributed by atoms with Crippen LogP contribution in [0.25, 0.3) is 0 Å². The van der Waals surface area contributed by atoms with Crippen molar-refractivity contribution in [3.05, 3.63) is 12.2 Å². The first-order valence-corrected chi connectivity index (χ1v) is 18.1. The third kappa shape index (κ3) is 6.71. The SMILES string of the molecule is C=C(C(C)C(CC)C(C(C)C)C1CCC(C)C1C(CC)C1CC(C)C1C(CC)CCC)C(C)C(C)C1(C)CC1. The summed E-state index contributed by atoms with van der Waals surface area (Å²) in [5.74, 6) is 11.9. The Morgan fingerprint density at radius 3 is 1.90 bits per heavy atom. The maximum absolute atomic E-state index is 4.85. The van der Waals surface area contributed by atoms with Gasteiger partial charge < -0.3 is 0 Å². The first-order valence-electron chi connectivity index (χ1n) is 18.1. The van der Waals surface area contributed by atoms with Gasteiger partial charge in [-0.25, -0.2) is 0 Å². The second kappa shape index (κ2) is 13.8. The highest BCUT2D eigenvalue weighted by atomic mass is 14.6. The molecule has 0 spiro atoms. The average molecular weight is 541 g/mol. The van der Waals surface area contributed by atoms with Gasteiger partial charge >= 0.3 is 0 Å². The van der Waals surface area contributed by atoms with Gasteiger partial charge in [0.25, 0.3) is 0 Å². The van der Waals surface area contributed by atoms with Crippen LogP contribution < -0.4 is 0 Å². The molecule has 13 unspecified atom stereocenters. The fraction of sp³-hybridized carbons (Fsp3) is 0.949. The van der Waals surface area contributed by atoms with Crippen molar-refractivity contribution < 1.29 is 0 Å². The molecule has 3 fully saturated rings. The van der Waals surface area contributed by atoms with Crippen molar-refractivity contribution in [3.63, 3.8) is 0 Å². The first kappa shape index (κ1) is 33.2. The maximum atomic E-state index is 4.85. The highest BCUT2D eigenvalue weighted by Gasteiger charge is 2.53. The van der Waals surface area contributed by atoms with E-state index in [1.54, 1.807) is 5.57 Å². The Morgan fingerprint density at radius 1 is 0.795 bits per heavy atom. The summed E-state index contributed by atoms with van der Waals surface area (Å²) in [6, 6.07) is 0. The number of hydrogen-bond donors (Lipinski definition) is 0. The lowest BCUT2D eigenvalue weighted by atomic mass is 9.51. The van der Waals surface area contributed by atoms with Gasteiger partial charge in [0.2, 0.25) is 0 Å². The van der Waals surface area contributed by atoms with Gasteiger partial charge in [0.1, 0.15) is 0 Å². The van der Waals surface area contributed by atoms with E-state index >= 15 is 0 Å². The van der Waals surface area contributed by atoms with Crippen LogP contribution in [0.1, 0.15) is 147 Å². The largest absolute Gasteiger partial charge is 0.0993 e. The van der Waals surface area contributed by atoms with E-state index in [2.05, 4.69) is 83.1 Å². The van der Waals surface area contributed by atoms with E-state index in [9.17, 15) is 0 Å². The van der Waals surface area contributed by atoms with E-state index in [0.29, 0.717) is 17.3 Å². The third-order valence-corrected chi connectivity index (χ3v) is 14.1. The van der Waals surface area contributed by atoms with Gasteiger partial charge in [-0.15, -0.1) is 0 Å². The summed E-state index contributed by atoms with van der Waals surface area (Å²) in [5, 5.41) is 0.